The molecule has 1 rings (SSSR count). The molecule has 0 saturated heterocycles. The fourth-order valence-corrected chi connectivity index (χ4v) is 3.65. The third-order valence-corrected chi connectivity index (χ3v) is 6.14. The summed E-state index contributed by atoms with van der Waals surface area (Å²) in [6.45, 7) is 5.12. The van der Waals surface area contributed by atoms with Crippen molar-refractivity contribution >= 4 is 29.7 Å². The monoisotopic (exact) mass is 623 g/mol. The first kappa shape index (κ1) is 38.5. The first-order chi connectivity index (χ1) is 21.3. The van der Waals surface area contributed by atoms with Crippen LogP contribution in [0.15, 0.2) is 30.3 Å². The van der Waals surface area contributed by atoms with Crippen LogP contribution in [-0.4, -0.2) is 88.0 Å². The summed E-state index contributed by atoms with van der Waals surface area (Å²) in [5.74, 6) is -3.11. The summed E-state index contributed by atoms with van der Waals surface area (Å²) in [5.41, 5.74) is 6.16. The van der Waals surface area contributed by atoms with Crippen molar-refractivity contribution in [3.05, 3.63) is 35.9 Å². The van der Waals surface area contributed by atoms with Crippen LogP contribution in [0.5, 0.6) is 0 Å². The van der Waals surface area contributed by atoms with Gasteiger partial charge >= 0.3 is 17.9 Å². The van der Waals surface area contributed by atoms with E-state index in [2.05, 4.69) is 10.6 Å². The number of benzene rings is 1. The van der Waals surface area contributed by atoms with Crippen molar-refractivity contribution in [2.45, 2.75) is 83.9 Å². The number of amides is 2. The number of rotatable bonds is 25. The lowest BCUT2D eigenvalue weighted by Crippen LogP contribution is -2.52. The lowest BCUT2D eigenvalue weighted by atomic mass is 10.1. The number of carbonyl (C=O) groups is 5. The van der Waals surface area contributed by atoms with Crippen LogP contribution >= 0.6 is 0 Å². The van der Waals surface area contributed by atoms with Crippen molar-refractivity contribution in [1.82, 2.24) is 10.6 Å². The predicted octanol–water partition coefficient (Wildman–Crippen LogP) is 1.94. The van der Waals surface area contributed by atoms with Crippen LogP contribution in [0.4, 0.5) is 0 Å². The molecule has 44 heavy (non-hydrogen) atoms. The zero-order valence-corrected chi connectivity index (χ0v) is 26.0. The van der Waals surface area contributed by atoms with Crippen LogP contribution in [0.3, 0.4) is 0 Å². The maximum atomic E-state index is 13.3. The van der Waals surface area contributed by atoms with Crippen molar-refractivity contribution in [3.8, 4) is 0 Å². The highest BCUT2D eigenvalue weighted by Gasteiger charge is 2.29. The van der Waals surface area contributed by atoms with Gasteiger partial charge in [-0.05, 0) is 31.2 Å². The Morgan fingerprint density at radius 3 is 2.00 bits per heavy atom. The highest BCUT2D eigenvalue weighted by Crippen LogP contribution is 2.08. The summed E-state index contributed by atoms with van der Waals surface area (Å²) in [7, 11) is 0. The Hall–Kier alpha value is -3.55. The average molecular weight is 624 g/mol. The molecule has 0 aliphatic heterocycles. The molecule has 0 aliphatic carbocycles. The van der Waals surface area contributed by atoms with Gasteiger partial charge in [-0.15, -0.1) is 0 Å². The van der Waals surface area contributed by atoms with Crippen molar-refractivity contribution in [1.29, 1.82) is 0 Å². The summed E-state index contributed by atoms with van der Waals surface area (Å²) < 4.78 is 26.2. The van der Waals surface area contributed by atoms with E-state index in [1.165, 1.54) is 0 Å². The minimum absolute atomic E-state index is 0.0585. The van der Waals surface area contributed by atoms with E-state index >= 15 is 0 Å². The Labute approximate surface area is 259 Å². The number of hydrogen-bond acceptors (Lipinski definition) is 11. The second kappa shape index (κ2) is 24.8. The Kier molecular flexibility index (Phi) is 21.7. The number of hydrogen-bond donors (Lipinski definition) is 3. The van der Waals surface area contributed by atoms with Crippen LogP contribution in [0.2, 0.25) is 0 Å². The topological polar surface area (TPSA) is 182 Å². The first-order valence-electron chi connectivity index (χ1n) is 15.3. The molecule has 2 unspecified atom stereocenters. The smallest absolute Gasteiger partial charge is 0.328 e. The van der Waals surface area contributed by atoms with Gasteiger partial charge in [-0.3, -0.25) is 19.2 Å². The summed E-state index contributed by atoms with van der Waals surface area (Å²) in [5, 5.41) is 5.14. The van der Waals surface area contributed by atoms with E-state index in [9.17, 15) is 24.0 Å². The second-order valence-corrected chi connectivity index (χ2v) is 9.95. The molecule has 0 aromatic heterocycles. The molecule has 0 fully saturated rings. The summed E-state index contributed by atoms with van der Waals surface area (Å²) in [6, 6.07) is 6.73. The quantitative estimate of drug-likeness (QED) is 0.0822. The Bertz CT molecular complexity index is 977. The van der Waals surface area contributed by atoms with E-state index in [1.54, 1.807) is 0 Å². The van der Waals surface area contributed by atoms with E-state index in [4.69, 9.17) is 29.4 Å². The van der Waals surface area contributed by atoms with Gasteiger partial charge in [-0.1, -0.05) is 57.0 Å². The van der Waals surface area contributed by atoms with Gasteiger partial charge in [0.15, 0.2) is 0 Å². The normalized spacial score (nSPS) is 12.1. The number of ether oxygens (including phenoxy) is 5. The number of nitrogens with two attached hydrogens (primary N) is 1. The van der Waals surface area contributed by atoms with Gasteiger partial charge in [0.1, 0.15) is 25.3 Å². The van der Waals surface area contributed by atoms with Crippen molar-refractivity contribution < 1.29 is 47.7 Å². The first-order valence-corrected chi connectivity index (χ1v) is 15.3. The minimum Gasteiger partial charge on any atom is -0.466 e. The SMILES string of the molecule is CCCCOC(=O)CCC(NC(=O)C(CCC(=O)OCc1ccccc1)NC(=O)COCCOCCN)C(=O)OCCCC. The molecule has 13 nitrogen and oxygen atoms in total. The number of nitrogens with one attached hydrogen (secondary N) is 2. The minimum atomic E-state index is -1.20. The average Bonchev–Trinajstić information content (AvgIpc) is 3.02. The third-order valence-electron chi connectivity index (χ3n) is 6.14. The van der Waals surface area contributed by atoms with Gasteiger partial charge in [0.2, 0.25) is 11.8 Å². The van der Waals surface area contributed by atoms with Gasteiger partial charge in [0, 0.05) is 19.4 Å². The van der Waals surface area contributed by atoms with Gasteiger partial charge in [0.05, 0.1) is 33.0 Å². The van der Waals surface area contributed by atoms with Crippen LogP contribution in [0.1, 0.15) is 70.8 Å². The lowest BCUT2D eigenvalue weighted by molar-refractivity contribution is -0.150. The molecule has 0 spiro atoms. The molecular weight excluding hydrogens is 574 g/mol. The number of carbonyl (C=O) groups excluding carboxylic acids is 5. The zero-order chi connectivity index (χ0) is 32.4. The van der Waals surface area contributed by atoms with E-state index in [-0.39, 0.29) is 65.3 Å². The molecule has 0 heterocycles. The molecule has 2 atom stereocenters. The fourth-order valence-electron chi connectivity index (χ4n) is 3.65. The molecular formula is C31H49N3O10. The standard InChI is InChI=1S/C31H49N3O10/c1-3-5-17-42-28(36)15-13-26(31(39)43-18-6-4-2)34-30(38)25(33-27(35)23-41-21-20-40-19-16-32)12-14-29(37)44-22-24-10-8-7-9-11-24/h7-11,25-26H,3-6,12-23,32H2,1-2H3,(H,33,35)(H,34,38). The van der Waals surface area contributed by atoms with E-state index in [1.807, 2.05) is 44.2 Å². The van der Waals surface area contributed by atoms with Crippen molar-refractivity contribution in [2.24, 2.45) is 5.73 Å². The molecule has 0 radical (unpaired) electrons. The van der Waals surface area contributed by atoms with E-state index in [0.29, 0.717) is 26.0 Å². The second-order valence-electron chi connectivity index (χ2n) is 9.95. The zero-order valence-electron chi connectivity index (χ0n) is 26.0. The number of esters is 3. The Morgan fingerprint density at radius 2 is 1.34 bits per heavy atom. The molecule has 4 N–H and O–H groups in total. The van der Waals surface area contributed by atoms with E-state index in [0.717, 1.165) is 18.4 Å². The highest BCUT2D eigenvalue weighted by molar-refractivity contribution is 5.91. The molecule has 0 aliphatic rings. The van der Waals surface area contributed by atoms with Crippen LogP contribution in [0.25, 0.3) is 0 Å². The van der Waals surface area contributed by atoms with Crippen molar-refractivity contribution in [3.63, 3.8) is 0 Å². The van der Waals surface area contributed by atoms with Crippen LogP contribution in [-0.2, 0) is 54.3 Å². The molecule has 2 amide bonds. The van der Waals surface area contributed by atoms with Gasteiger partial charge in [0.25, 0.3) is 0 Å². The molecule has 248 valence electrons. The van der Waals surface area contributed by atoms with Crippen molar-refractivity contribution in [2.75, 3.05) is 46.2 Å². The molecule has 0 saturated carbocycles. The van der Waals surface area contributed by atoms with Crippen LogP contribution in [0, 0.1) is 0 Å². The molecule has 13 heteroatoms. The van der Waals surface area contributed by atoms with Gasteiger partial charge < -0.3 is 40.1 Å². The summed E-state index contributed by atoms with van der Waals surface area (Å²) >= 11 is 0. The highest BCUT2D eigenvalue weighted by atomic mass is 16.5. The third kappa shape index (κ3) is 18.9. The largest absolute Gasteiger partial charge is 0.466 e. The van der Waals surface area contributed by atoms with E-state index < -0.39 is 41.8 Å². The Morgan fingerprint density at radius 1 is 0.727 bits per heavy atom. The summed E-state index contributed by atoms with van der Waals surface area (Å²) in [4.78, 5) is 63.4. The molecule has 1 aromatic rings. The Balaban J connectivity index is 2.87. The predicted molar refractivity (Wildman–Crippen MR) is 161 cm³/mol. The van der Waals surface area contributed by atoms with Gasteiger partial charge in [-0.2, -0.15) is 0 Å². The lowest BCUT2D eigenvalue weighted by Gasteiger charge is -2.22. The fraction of sp³-hybridized carbons (Fsp3) is 0.645. The number of unbranched alkanes of at least 4 members (excludes halogenated alkanes) is 2. The molecule has 1 aromatic carbocycles. The van der Waals surface area contributed by atoms with Gasteiger partial charge in [-0.25, -0.2) is 4.79 Å². The van der Waals surface area contributed by atoms with Crippen LogP contribution < -0.4 is 16.4 Å². The maximum absolute atomic E-state index is 13.3. The summed E-state index contributed by atoms with van der Waals surface area (Å²) in [6.07, 6.45) is 2.51. The molecule has 0 bridgehead atoms. The maximum Gasteiger partial charge on any atom is 0.328 e.